The second kappa shape index (κ2) is 7.21. The van der Waals surface area contributed by atoms with Crippen LogP contribution in [0.4, 0.5) is 0 Å². The smallest absolute Gasteiger partial charge is 0.225 e. The number of hydrogen-bond acceptors (Lipinski definition) is 4. The van der Waals surface area contributed by atoms with Crippen molar-refractivity contribution in [3.63, 3.8) is 0 Å². The van der Waals surface area contributed by atoms with Crippen molar-refractivity contribution in [2.24, 2.45) is 0 Å². The van der Waals surface area contributed by atoms with Gasteiger partial charge < -0.3 is 15.0 Å². The second-order valence-electron chi connectivity index (χ2n) is 4.63. The van der Waals surface area contributed by atoms with Gasteiger partial charge in [0.05, 0.1) is 31.4 Å². The van der Waals surface area contributed by atoms with E-state index >= 15 is 0 Å². The largest absolute Gasteiger partial charge is 0.375 e. The molecule has 1 N–H and O–H groups in total. The van der Waals surface area contributed by atoms with Crippen molar-refractivity contribution < 1.29 is 9.53 Å². The van der Waals surface area contributed by atoms with Gasteiger partial charge >= 0.3 is 0 Å². The summed E-state index contributed by atoms with van der Waals surface area (Å²) in [5.41, 5.74) is 0.917. The van der Waals surface area contributed by atoms with E-state index in [1.807, 2.05) is 30.0 Å². The summed E-state index contributed by atoms with van der Waals surface area (Å²) in [6.07, 6.45) is 2.19. The first-order valence-electron chi connectivity index (χ1n) is 6.79. The van der Waals surface area contributed by atoms with Gasteiger partial charge in [0.1, 0.15) is 0 Å². The minimum Gasteiger partial charge on any atom is -0.375 e. The van der Waals surface area contributed by atoms with E-state index in [1.165, 1.54) is 0 Å². The molecule has 1 aliphatic heterocycles. The highest BCUT2D eigenvalue weighted by molar-refractivity contribution is 5.76. The van der Waals surface area contributed by atoms with Crippen LogP contribution in [0.5, 0.6) is 0 Å². The minimum atomic E-state index is -0.000896. The number of nitrogens with one attached hydrogen (secondary N) is 1. The topological polar surface area (TPSA) is 54.5 Å². The van der Waals surface area contributed by atoms with Crippen LogP contribution in [-0.4, -0.2) is 48.1 Å². The van der Waals surface area contributed by atoms with Crippen LogP contribution in [0.2, 0.25) is 0 Å². The van der Waals surface area contributed by atoms with Gasteiger partial charge in [-0.3, -0.25) is 9.78 Å². The summed E-state index contributed by atoms with van der Waals surface area (Å²) in [7, 11) is 0. The van der Waals surface area contributed by atoms with Crippen molar-refractivity contribution in [2.75, 3.05) is 26.2 Å². The maximum absolute atomic E-state index is 12.2. The van der Waals surface area contributed by atoms with Gasteiger partial charge in [0.2, 0.25) is 5.91 Å². The highest BCUT2D eigenvalue weighted by Crippen LogP contribution is 2.08. The maximum atomic E-state index is 12.2. The Labute approximate surface area is 114 Å². The fourth-order valence-electron chi connectivity index (χ4n) is 2.14. The minimum absolute atomic E-state index is 0.000896. The molecule has 1 fully saturated rings. The molecule has 0 spiro atoms. The Balaban J connectivity index is 1.87. The van der Waals surface area contributed by atoms with Crippen LogP contribution in [0.15, 0.2) is 24.4 Å². The predicted octanol–water partition coefficient (Wildman–Crippen LogP) is 0.809. The fraction of sp³-hybridized carbons (Fsp3) is 0.571. The van der Waals surface area contributed by atoms with Gasteiger partial charge in [0.15, 0.2) is 0 Å². The van der Waals surface area contributed by atoms with Crippen LogP contribution in [-0.2, 0) is 16.1 Å². The first-order chi connectivity index (χ1) is 9.29. The lowest BCUT2D eigenvalue weighted by molar-refractivity contribution is -0.135. The van der Waals surface area contributed by atoms with Crippen molar-refractivity contribution in [1.29, 1.82) is 0 Å². The molecular weight excluding hydrogens is 242 g/mol. The summed E-state index contributed by atoms with van der Waals surface area (Å²) >= 11 is 0. The van der Waals surface area contributed by atoms with Gasteiger partial charge in [0.25, 0.3) is 0 Å². The van der Waals surface area contributed by atoms with E-state index in [1.54, 1.807) is 6.20 Å². The van der Waals surface area contributed by atoms with E-state index < -0.39 is 0 Å². The van der Waals surface area contributed by atoms with Crippen molar-refractivity contribution in [2.45, 2.75) is 26.0 Å². The molecule has 1 aliphatic rings. The quantitative estimate of drug-likeness (QED) is 0.854. The molecule has 19 heavy (non-hydrogen) atoms. The van der Waals surface area contributed by atoms with Crippen molar-refractivity contribution in [1.82, 2.24) is 15.2 Å². The van der Waals surface area contributed by atoms with Crippen LogP contribution >= 0.6 is 0 Å². The van der Waals surface area contributed by atoms with E-state index in [0.29, 0.717) is 26.1 Å². The number of aromatic nitrogens is 1. The van der Waals surface area contributed by atoms with Gasteiger partial charge in [-0.05, 0) is 19.1 Å². The molecule has 0 bridgehead atoms. The van der Waals surface area contributed by atoms with Crippen LogP contribution in [0.1, 0.15) is 19.0 Å². The summed E-state index contributed by atoms with van der Waals surface area (Å²) < 4.78 is 5.57. The molecule has 0 aromatic carbocycles. The van der Waals surface area contributed by atoms with E-state index in [-0.39, 0.29) is 12.0 Å². The van der Waals surface area contributed by atoms with Crippen molar-refractivity contribution in [3.8, 4) is 0 Å². The molecule has 0 radical (unpaired) electrons. The molecule has 1 atom stereocenters. The number of nitrogens with zero attached hydrogens (tertiary/aromatic N) is 2. The maximum Gasteiger partial charge on any atom is 0.225 e. The third-order valence-corrected chi connectivity index (χ3v) is 3.22. The predicted molar refractivity (Wildman–Crippen MR) is 72.6 cm³/mol. The second-order valence-corrected chi connectivity index (χ2v) is 4.63. The number of amides is 1. The number of ether oxygens (including phenoxy) is 1. The lowest BCUT2D eigenvalue weighted by atomic mass is 10.2. The fourth-order valence-corrected chi connectivity index (χ4v) is 2.14. The average Bonchev–Trinajstić information content (AvgIpc) is 2.47. The molecule has 2 heterocycles. The van der Waals surface area contributed by atoms with Crippen molar-refractivity contribution >= 4 is 5.91 Å². The zero-order chi connectivity index (χ0) is 13.5. The zero-order valence-corrected chi connectivity index (χ0v) is 11.3. The first kappa shape index (κ1) is 14.0. The van der Waals surface area contributed by atoms with Gasteiger partial charge in [-0.25, -0.2) is 0 Å². The number of pyridine rings is 1. The molecule has 1 aromatic heterocycles. The molecule has 104 valence electrons. The summed E-state index contributed by atoms with van der Waals surface area (Å²) in [6, 6.07) is 5.76. The molecule has 1 saturated heterocycles. The average molecular weight is 263 g/mol. The number of morpholine rings is 1. The van der Waals surface area contributed by atoms with Crippen LogP contribution in [0, 0.1) is 0 Å². The standard InChI is InChI=1S/C14H21N3O2/c1-2-17(11-12-5-3-4-6-16-12)14(18)9-13-10-15-7-8-19-13/h3-6,13,15H,2,7-11H2,1H3. The molecule has 1 unspecified atom stereocenters. The van der Waals surface area contributed by atoms with E-state index in [4.69, 9.17) is 4.74 Å². The Kier molecular flexibility index (Phi) is 5.30. The highest BCUT2D eigenvalue weighted by atomic mass is 16.5. The number of carbonyl (C=O) groups is 1. The van der Waals surface area contributed by atoms with Gasteiger partial charge in [-0.1, -0.05) is 6.07 Å². The molecule has 2 rings (SSSR count). The molecule has 0 aliphatic carbocycles. The van der Waals surface area contributed by atoms with Crippen LogP contribution in [0.25, 0.3) is 0 Å². The Hall–Kier alpha value is -1.46. The zero-order valence-electron chi connectivity index (χ0n) is 11.3. The SMILES string of the molecule is CCN(Cc1ccccn1)C(=O)CC1CNCCO1. The van der Waals surface area contributed by atoms with E-state index in [2.05, 4.69) is 10.3 Å². The van der Waals surface area contributed by atoms with Gasteiger partial charge in [0, 0.05) is 25.8 Å². The molecule has 1 aromatic rings. The number of carbonyl (C=O) groups excluding carboxylic acids is 1. The molecule has 1 amide bonds. The Bertz CT molecular complexity index is 391. The first-order valence-corrected chi connectivity index (χ1v) is 6.79. The van der Waals surface area contributed by atoms with Gasteiger partial charge in [-0.15, -0.1) is 0 Å². The third-order valence-electron chi connectivity index (χ3n) is 3.22. The molecule has 5 heteroatoms. The number of hydrogen-bond donors (Lipinski definition) is 1. The lowest BCUT2D eigenvalue weighted by Gasteiger charge is -2.26. The summed E-state index contributed by atoms with van der Waals surface area (Å²) in [4.78, 5) is 18.3. The summed E-state index contributed by atoms with van der Waals surface area (Å²) in [5.74, 6) is 0.127. The van der Waals surface area contributed by atoms with E-state index in [9.17, 15) is 4.79 Å². The number of rotatable bonds is 5. The highest BCUT2D eigenvalue weighted by Gasteiger charge is 2.21. The molecular formula is C14H21N3O2. The third kappa shape index (κ3) is 4.29. The summed E-state index contributed by atoms with van der Waals surface area (Å²) in [5, 5.41) is 3.24. The normalized spacial score (nSPS) is 19.1. The Morgan fingerprint density at radius 1 is 1.58 bits per heavy atom. The van der Waals surface area contributed by atoms with Crippen LogP contribution in [0.3, 0.4) is 0 Å². The lowest BCUT2D eigenvalue weighted by Crippen LogP contribution is -2.42. The van der Waals surface area contributed by atoms with Gasteiger partial charge in [-0.2, -0.15) is 0 Å². The monoisotopic (exact) mass is 263 g/mol. The van der Waals surface area contributed by atoms with Crippen LogP contribution < -0.4 is 5.32 Å². The Morgan fingerprint density at radius 2 is 2.47 bits per heavy atom. The molecule has 5 nitrogen and oxygen atoms in total. The Morgan fingerprint density at radius 3 is 3.11 bits per heavy atom. The van der Waals surface area contributed by atoms with Crippen molar-refractivity contribution in [3.05, 3.63) is 30.1 Å². The van der Waals surface area contributed by atoms with E-state index in [0.717, 1.165) is 18.8 Å². The summed E-state index contributed by atoms with van der Waals surface area (Å²) in [6.45, 7) is 5.56. The molecule has 0 saturated carbocycles.